The molecule has 0 fully saturated rings. The fourth-order valence-corrected chi connectivity index (χ4v) is 2.42. The van der Waals surface area contributed by atoms with E-state index >= 15 is 0 Å². The molecule has 0 aliphatic carbocycles. The van der Waals surface area contributed by atoms with Crippen LogP contribution in [0.3, 0.4) is 0 Å². The van der Waals surface area contributed by atoms with Crippen molar-refractivity contribution in [2.45, 2.75) is 32.4 Å². The number of hydrogen-bond acceptors (Lipinski definition) is 3. The van der Waals surface area contributed by atoms with E-state index in [9.17, 15) is 5.11 Å². The van der Waals surface area contributed by atoms with E-state index in [4.69, 9.17) is 4.74 Å². The SMILES string of the molecule is CC(C)(C)NCC(O)COc1ccc(Br)cc1Br. The third-order valence-corrected chi connectivity index (χ3v) is 3.31. The highest BCUT2D eigenvalue weighted by molar-refractivity contribution is 9.11. The average molecular weight is 381 g/mol. The quantitative estimate of drug-likeness (QED) is 0.823. The van der Waals surface area contributed by atoms with Crippen molar-refractivity contribution < 1.29 is 9.84 Å². The summed E-state index contributed by atoms with van der Waals surface area (Å²) >= 11 is 6.79. The molecule has 18 heavy (non-hydrogen) atoms. The molecule has 0 heterocycles. The summed E-state index contributed by atoms with van der Waals surface area (Å²) in [5.41, 5.74) is -0.000819. The molecule has 2 N–H and O–H groups in total. The van der Waals surface area contributed by atoms with Crippen LogP contribution in [0.4, 0.5) is 0 Å². The van der Waals surface area contributed by atoms with Gasteiger partial charge in [0.25, 0.3) is 0 Å². The first kappa shape index (κ1) is 16.0. The molecular formula is C13H19Br2NO2. The Hall–Kier alpha value is -0.100. The van der Waals surface area contributed by atoms with Gasteiger partial charge in [0.2, 0.25) is 0 Å². The van der Waals surface area contributed by atoms with Crippen molar-refractivity contribution in [2.24, 2.45) is 0 Å². The predicted octanol–water partition coefficient (Wildman–Crippen LogP) is 3.34. The van der Waals surface area contributed by atoms with E-state index in [2.05, 4.69) is 57.9 Å². The summed E-state index contributed by atoms with van der Waals surface area (Å²) in [5, 5.41) is 13.0. The summed E-state index contributed by atoms with van der Waals surface area (Å²) in [5.74, 6) is 0.730. The van der Waals surface area contributed by atoms with E-state index in [1.54, 1.807) is 0 Å². The lowest BCUT2D eigenvalue weighted by atomic mass is 10.1. The van der Waals surface area contributed by atoms with Crippen LogP contribution in [0.5, 0.6) is 5.75 Å². The second-order valence-electron chi connectivity index (χ2n) is 5.17. The van der Waals surface area contributed by atoms with Crippen molar-refractivity contribution in [3.8, 4) is 5.75 Å². The largest absolute Gasteiger partial charge is 0.490 e. The number of benzene rings is 1. The molecular weight excluding hydrogens is 362 g/mol. The number of β-amino-alcohol motifs (C(OH)–C–C–N with tert-alkyl or cyclic N) is 1. The lowest BCUT2D eigenvalue weighted by Crippen LogP contribution is -2.42. The van der Waals surface area contributed by atoms with Crippen LogP contribution in [0.15, 0.2) is 27.1 Å². The van der Waals surface area contributed by atoms with Gasteiger partial charge in [-0.2, -0.15) is 0 Å². The van der Waals surface area contributed by atoms with Crippen LogP contribution in [0.1, 0.15) is 20.8 Å². The summed E-state index contributed by atoms with van der Waals surface area (Å²) in [4.78, 5) is 0. The Morgan fingerprint density at radius 1 is 1.33 bits per heavy atom. The molecule has 0 bridgehead atoms. The van der Waals surface area contributed by atoms with E-state index < -0.39 is 6.10 Å². The number of halogens is 2. The molecule has 102 valence electrons. The van der Waals surface area contributed by atoms with E-state index in [0.29, 0.717) is 6.54 Å². The maximum absolute atomic E-state index is 9.81. The van der Waals surface area contributed by atoms with Crippen molar-refractivity contribution in [3.05, 3.63) is 27.1 Å². The number of aliphatic hydroxyl groups is 1. The Balaban J connectivity index is 2.40. The van der Waals surface area contributed by atoms with Crippen LogP contribution in [0.25, 0.3) is 0 Å². The van der Waals surface area contributed by atoms with E-state index in [1.165, 1.54) is 0 Å². The molecule has 1 atom stereocenters. The van der Waals surface area contributed by atoms with Crippen LogP contribution in [0, 0.1) is 0 Å². The Bertz CT molecular complexity index is 391. The Kier molecular flexibility index (Phi) is 6.11. The van der Waals surface area contributed by atoms with Gasteiger partial charge in [0.1, 0.15) is 18.5 Å². The molecule has 1 rings (SSSR count). The minimum absolute atomic E-state index is 0.000819. The van der Waals surface area contributed by atoms with Gasteiger partial charge in [0.15, 0.2) is 0 Å². The molecule has 0 saturated carbocycles. The summed E-state index contributed by atoms with van der Waals surface area (Å²) in [6.07, 6.45) is -0.528. The van der Waals surface area contributed by atoms with Crippen LogP contribution in [-0.4, -0.2) is 29.9 Å². The van der Waals surface area contributed by atoms with E-state index in [1.807, 2.05) is 18.2 Å². The zero-order valence-electron chi connectivity index (χ0n) is 10.8. The van der Waals surface area contributed by atoms with Crippen molar-refractivity contribution in [1.29, 1.82) is 0 Å². The first-order valence-electron chi connectivity index (χ1n) is 5.79. The fraction of sp³-hybridized carbons (Fsp3) is 0.538. The maximum Gasteiger partial charge on any atom is 0.133 e. The van der Waals surface area contributed by atoms with Gasteiger partial charge in [-0.15, -0.1) is 0 Å². The lowest BCUT2D eigenvalue weighted by molar-refractivity contribution is 0.0997. The van der Waals surface area contributed by atoms with E-state index in [0.717, 1.165) is 14.7 Å². The topological polar surface area (TPSA) is 41.5 Å². The lowest BCUT2D eigenvalue weighted by Gasteiger charge is -2.23. The number of rotatable bonds is 5. The highest BCUT2D eigenvalue weighted by Gasteiger charge is 2.13. The molecule has 0 saturated heterocycles. The molecule has 5 heteroatoms. The fourth-order valence-electron chi connectivity index (χ4n) is 1.26. The Morgan fingerprint density at radius 3 is 2.56 bits per heavy atom. The van der Waals surface area contributed by atoms with Crippen LogP contribution < -0.4 is 10.1 Å². The third-order valence-electron chi connectivity index (χ3n) is 2.19. The van der Waals surface area contributed by atoms with Gasteiger partial charge in [-0.25, -0.2) is 0 Å². The Morgan fingerprint density at radius 2 is 2.00 bits per heavy atom. The Labute approximate surface area is 125 Å². The molecule has 1 unspecified atom stereocenters. The molecule has 0 aliphatic heterocycles. The van der Waals surface area contributed by atoms with Gasteiger partial charge in [0, 0.05) is 16.6 Å². The van der Waals surface area contributed by atoms with Crippen molar-refractivity contribution in [1.82, 2.24) is 5.32 Å². The zero-order chi connectivity index (χ0) is 13.8. The monoisotopic (exact) mass is 379 g/mol. The summed E-state index contributed by atoms with van der Waals surface area (Å²) in [7, 11) is 0. The van der Waals surface area contributed by atoms with Crippen molar-refractivity contribution in [3.63, 3.8) is 0 Å². The normalized spacial score (nSPS) is 13.4. The van der Waals surface area contributed by atoms with Crippen molar-refractivity contribution >= 4 is 31.9 Å². The molecule has 0 amide bonds. The van der Waals surface area contributed by atoms with Crippen molar-refractivity contribution in [2.75, 3.05) is 13.2 Å². The van der Waals surface area contributed by atoms with E-state index in [-0.39, 0.29) is 12.1 Å². The first-order valence-corrected chi connectivity index (χ1v) is 7.37. The van der Waals surface area contributed by atoms with Gasteiger partial charge in [-0.1, -0.05) is 15.9 Å². The molecule has 1 aromatic rings. The predicted molar refractivity (Wildman–Crippen MR) is 81.1 cm³/mol. The first-order chi connectivity index (χ1) is 8.28. The smallest absolute Gasteiger partial charge is 0.133 e. The van der Waals surface area contributed by atoms with Crippen LogP contribution in [0.2, 0.25) is 0 Å². The standard InChI is InChI=1S/C13H19Br2NO2/c1-13(2,3)16-7-10(17)8-18-12-5-4-9(14)6-11(12)15/h4-6,10,16-17H,7-8H2,1-3H3. The number of ether oxygens (including phenoxy) is 1. The highest BCUT2D eigenvalue weighted by Crippen LogP contribution is 2.28. The highest BCUT2D eigenvalue weighted by atomic mass is 79.9. The minimum atomic E-state index is -0.528. The van der Waals surface area contributed by atoms with Gasteiger partial charge >= 0.3 is 0 Å². The molecule has 1 aromatic carbocycles. The molecule has 0 aromatic heterocycles. The number of aliphatic hydroxyl groups excluding tert-OH is 1. The van der Waals surface area contributed by atoms with Crippen LogP contribution in [-0.2, 0) is 0 Å². The number of hydrogen-bond donors (Lipinski definition) is 2. The van der Waals surface area contributed by atoms with Gasteiger partial charge in [-0.3, -0.25) is 0 Å². The molecule has 3 nitrogen and oxygen atoms in total. The zero-order valence-corrected chi connectivity index (χ0v) is 14.0. The molecule has 0 aliphatic rings. The third kappa shape index (κ3) is 6.18. The summed E-state index contributed by atoms with van der Waals surface area (Å²) in [6, 6.07) is 5.67. The number of nitrogens with one attached hydrogen (secondary N) is 1. The summed E-state index contributed by atoms with van der Waals surface area (Å²) < 4.78 is 7.41. The van der Waals surface area contributed by atoms with Gasteiger partial charge in [0.05, 0.1) is 4.47 Å². The molecule has 0 spiro atoms. The second kappa shape index (κ2) is 6.89. The van der Waals surface area contributed by atoms with Gasteiger partial charge < -0.3 is 15.2 Å². The second-order valence-corrected chi connectivity index (χ2v) is 6.94. The maximum atomic E-state index is 9.81. The van der Waals surface area contributed by atoms with Crippen LogP contribution >= 0.6 is 31.9 Å². The molecule has 0 radical (unpaired) electrons. The summed E-state index contributed by atoms with van der Waals surface area (Å²) in [6.45, 7) is 6.96. The average Bonchev–Trinajstić information content (AvgIpc) is 2.24. The minimum Gasteiger partial charge on any atom is -0.490 e. The van der Waals surface area contributed by atoms with Gasteiger partial charge in [-0.05, 0) is 54.9 Å².